The van der Waals surface area contributed by atoms with Crippen molar-refractivity contribution in [1.29, 1.82) is 0 Å². The Labute approximate surface area is 234 Å². The molecule has 2 atom stereocenters. The molecule has 1 saturated heterocycles. The smallest absolute Gasteiger partial charge is 0.328 e. The quantitative estimate of drug-likeness (QED) is 0.333. The first kappa shape index (κ1) is 28.0. The molecule has 4 rings (SSSR count). The molecular formula is C31H33N3O4S. The maximum absolute atomic E-state index is 13.0. The number of rotatable bonds is 8. The lowest BCUT2D eigenvalue weighted by molar-refractivity contribution is -0.142. The van der Waals surface area contributed by atoms with E-state index < -0.39 is 18.2 Å². The highest BCUT2D eigenvalue weighted by Crippen LogP contribution is 2.35. The number of esters is 1. The third kappa shape index (κ3) is 6.01. The van der Waals surface area contributed by atoms with Gasteiger partial charge in [-0.2, -0.15) is 0 Å². The number of thiocarbonyl (C=S) groups is 1. The first-order valence-electron chi connectivity index (χ1n) is 13.0. The maximum Gasteiger partial charge on any atom is 0.328 e. The molecule has 0 aromatic heterocycles. The van der Waals surface area contributed by atoms with Crippen LogP contribution in [0.4, 0.5) is 5.69 Å². The van der Waals surface area contributed by atoms with Crippen molar-refractivity contribution in [2.24, 2.45) is 0 Å². The van der Waals surface area contributed by atoms with E-state index in [1.54, 1.807) is 9.80 Å². The molecule has 0 bridgehead atoms. The van der Waals surface area contributed by atoms with Gasteiger partial charge in [-0.15, -0.1) is 0 Å². The highest BCUT2D eigenvalue weighted by molar-refractivity contribution is 7.80. The highest BCUT2D eigenvalue weighted by Gasteiger charge is 2.41. The van der Waals surface area contributed by atoms with Crippen LogP contribution in [0.2, 0.25) is 0 Å². The molecule has 0 saturated carbocycles. The van der Waals surface area contributed by atoms with Crippen LogP contribution in [0.1, 0.15) is 47.8 Å². The van der Waals surface area contributed by atoms with Crippen LogP contribution in [-0.4, -0.2) is 47.4 Å². The van der Waals surface area contributed by atoms with Crippen molar-refractivity contribution in [2.75, 3.05) is 18.6 Å². The number of methoxy groups -OCH3 is 1. The second kappa shape index (κ2) is 12.2. The summed E-state index contributed by atoms with van der Waals surface area (Å²) in [6.45, 7) is 5.56. The van der Waals surface area contributed by atoms with Crippen molar-refractivity contribution in [3.63, 3.8) is 0 Å². The van der Waals surface area contributed by atoms with Gasteiger partial charge in [-0.05, 0) is 47.7 Å². The van der Waals surface area contributed by atoms with E-state index >= 15 is 0 Å². The Morgan fingerprint density at radius 1 is 1.05 bits per heavy atom. The van der Waals surface area contributed by atoms with E-state index in [1.807, 2.05) is 79.7 Å². The van der Waals surface area contributed by atoms with E-state index in [0.717, 1.165) is 34.2 Å². The van der Waals surface area contributed by atoms with Crippen LogP contribution in [0, 0.1) is 6.92 Å². The number of aryl methyl sites for hydroxylation is 2. The second-order valence-electron chi connectivity index (χ2n) is 9.58. The normalized spacial score (nSPS) is 15.7. The van der Waals surface area contributed by atoms with Crippen molar-refractivity contribution < 1.29 is 19.1 Å². The lowest BCUT2D eigenvalue weighted by Gasteiger charge is -2.30. The third-order valence-corrected chi connectivity index (χ3v) is 7.35. The minimum absolute atomic E-state index is 0.0150. The molecule has 0 aliphatic carbocycles. The van der Waals surface area contributed by atoms with Gasteiger partial charge in [0.1, 0.15) is 23.7 Å². The third-order valence-electron chi connectivity index (χ3n) is 7.03. The van der Waals surface area contributed by atoms with Gasteiger partial charge in [0.25, 0.3) is 0 Å². The Bertz CT molecular complexity index is 1370. The second-order valence-corrected chi connectivity index (χ2v) is 9.99. The lowest BCUT2D eigenvalue weighted by Crippen LogP contribution is -2.43. The highest BCUT2D eigenvalue weighted by atomic mass is 32.1. The van der Waals surface area contributed by atoms with Crippen LogP contribution in [0.25, 0.3) is 0 Å². The first-order valence-corrected chi connectivity index (χ1v) is 13.4. The average Bonchev–Trinajstić information content (AvgIpc) is 3.30. The Balaban J connectivity index is 1.57. The van der Waals surface area contributed by atoms with Gasteiger partial charge in [-0.3, -0.25) is 14.5 Å². The molecule has 202 valence electrons. The molecule has 1 N–H and O–H groups in total. The van der Waals surface area contributed by atoms with E-state index in [-0.39, 0.29) is 18.4 Å². The summed E-state index contributed by atoms with van der Waals surface area (Å²) in [5.74, 6) is -0.737. The number of nitrogens with one attached hydrogen (secondary N) is 1. The summed E-state index contributed by atoms with van der Waals surface area (Å²) < 4.78 is 5.07. The van der Waals surface area contributed by atoms with E-state index in [1.165, 1.54) is 14.0 Å². The summed E-state index contributed by atoms with van der Waals surface area (Å²) in [7, 11) is 1.36. The molecule has 0 spiro atoms. The van der Waals surface area contributed by atoms with Crippen LogP contribution < -0.4 is 10.2 Å². The number of carbonyl (C=O) groups excluding carboxylic acids is 3. The number of benzene rings is 3. The lowest BCUT2D eigenvalue weighted by atomic mass is 9.99. The van der Waals surface area contributed by atoms with Crippen molar-refractivity contribution >= 4 is 40.7 Å². The topological polar surface area (TPSA) is 79.0 Å². The maximum atomic E-state index is 13.0. The molecule has 7 nitrogen and oxygen atoms in total. The van der Waals surface area contributed by atoms with E-state index in [2.05, 4.69) is 12.2 Å². The summed E-state index contributed by atoms with van der Waals surface area (Å²) in [6, 6.07) is 22.3. The molecule has 39 heavy (non-hydrogen) atoms. The SMILES string of the molecule is CCc1cccc(C)c1C(=S)NC(Cc1ccc(N2C(=O)CN(C(C)=O)C2c2ccccc2)cc1)C(=O)OC. The first-order chi connectivity index (χ1) is 18.7. The number of hydrogen-bond acceptors (Lipinski definition) is 5. The zero-order chi connectivity index (χ0) is 28.1. The number of amides is 2. The Morgan fingerprint density at radius 2 is 1.74 bits per heavy atom. The average molecular weight is 544 g/mol. The molecule has 1 heterocycles. The van der Waals surface area contributed by atoms with Crippen LogP contribution in [0.3, 0.4) is 0 Å². The molecule has 1 aliphatic heterocycles. The van der Waals surface area contributed by atoms with E-state index in [0.29, 0.717) is 17.1 Å². The monoisotopic (exact) mass is 543 g/mol. The molecule has 2 unspecified atom stereocenters. The van der Waals surface area contributed by atoms with Gasteiger partial charge in [0.15, 0.2) is 0 Å². The summed E-state index contributed by atoms with van der Waals surface area (Å²) in [5, 5.41) is 3.22. The molecule has 3 aromatic carbocycles. The standard InChI is InChI=1S/C31H33N3O4S/c1-5-23-13-9-10-20(2)28(23)29(39)32-26(31(37)38-4)18-22-14-16-25(17-15-22)34-27(36)19-33(21(3)35)30(34)24-11-7-6-8-12-24/h6-17,26,30H,5,18-19H2,1-4H3,(H,32,39). The Kier molecular flexibility index (Phi) is 8.76. The van der Waals surface area contributed by atoms with Gasteiger partial charge in [0.05, 0.1) is 7.11 Å². The fourth-order valence-electron chi connectivity index (χ4n) is 5.05. The zero-order valence-corrected chi connectivity index (χ0v) is 23.5. The molecule has 1 aliphatic rings. The number of carbonyl (C=O) groups is 3. The number of nitrogens with zero attached hydrogens (tertiary/aromatic N) is 2. The van der Waals surface area contributed by atoms with Gasteiger partial charge in [-0.1, -0.05) is 79.8 Å². The van der Waals surface area contributed by atoms with Gasteiger partial charge in [0, 0.05) is 24.6 Å². The number of ether oxygens (including phenoxy) is 1. The fraction of sp³-hybridized carbons (Fsp3) is 0.290. The largest absolute Gasteiger partial charge is 0.467 e. The van der Waals surface area contributed by atoms with Crippen molar-refractivity contribution in [2.45, 2.75) is 45.8 Å². The minimum atomic E-state index is -0.684. The minimum Gasteiger partial charge on any atom is -0.467 e. The molecule has 3 aromatic rings. The molecule has 8 heteroatoms. The summed E-state index contributed by atoms with van der Waals surface area (Å²) in [5.41, 5.74) is 5.50. The van der Waals surface area contributed by atoms with Crippen LogP contribution in [0.15, 0.2) is 72.8 Å². The van der Waals surface area contributed by atoms with Crippen molar-refractivity contribution in [3.05, 3.63) is 101 Å². The summed E-state index contributed by atoms with van der Waals surface area (Å²) in [4.78, 5) is 41.8. The Hall–Kier alpha value is -4.04. The predicted octanol–water partition coefficient (Wildman–Crippen LogP) is 4.50. The Morgan fingerprint density at radius 3 is 2.36 bits per heavy atom. The number of hydrogen-bond donors (Lipinski definition) is 1. The number of anilines is 1. The molecular weight excluding hydrogens is 510 g/mol. The fourth-order valence-corrected chi connectivity index (χ4v) is 5.48. The van der Waals surface area contributed by atoms with Crippen molar-refractivity contribution in [3.8, 4) is 0 Å². The van der Waals surface area contributed by atoms with Crippen LogP contribution >= 0.6 is 12.2 Å². The van der Waals surface area contributed by atoms with E-state index in [9.17, 15) is 14.4 Å². The van der Waals surface area contributed by atoms with E-state index in [4.69, 9.17) is 17.0 Å². The molecule has 0 radical (unpaired) electrons. The molecule has 2 amide bonds. The molecule has 1 fully saturated rings. The van der Waals surface area contributed by atoms with Gasteiger partial charge >= 0.3 is 5.97 Å². The van der Waals surface area contributed by atoms with Gasteiger partial charge < -0.3 is 15.0 Å². The predicted molar refractivity (Wildman–Crippen MR) is 155 cm³/mol. The van der Waals surface area contributed by atoms with Crippen LogP contribution in [-0.2, 0) is 32.0 Å². The zero-order valence-electron chi connectivity index (χ0n) is 22.6. The van der Waals surface area contributed by atoms with Crippen molar-refractivity contribution in [1.82, 2.24) is 10.2 Å². The summed E-state index contributed by atoms with van der Waals surface area (Å²) in [6.07, 6.45) is 0.644. The van der Waals surface area contributed by atoms with Gasteiger partial charge in [0.2, 0.25) is 11.8 Å². The van der Waals surface area contributed by atoms with Gasteiger partial charge in [-0.25, -0.2) is 4.79 Å². The summed E-state index contributed by atoms with van der Waals surface area (Å²) >= 11 is 5.72. The van der Waals surface area contributed by atoms with Crippen LogP contribution in [0.5, 0.6) is 0 Å².